The van der Waals surface area contributed by atoms with E-state index in [4.69, 9.17) is 9.47 Å². The zero-order valence-corrected chi connectivity index (χ0v) is 19.6. The van der Waals surface area contributed by atoms with E-state index in [9.17, 15) is 9.59 Å². The van der Waals surface area contributed by atoms with Crippen LogP contribution >= 0.6 is 0 Å². The fourth-order valence-electron chi connectivity index (χ4n) is 4.71. The summed E-state index contributed by atoms with van der Waals surface area (Å²) in [5, 5.41) is 3.34. The van der Waals surface area contributed by atoms with Gasteiger partial charge in [0.15, 0.2) is 5.60 Å². The molecular formula is C27H28N4O4. The predicted octanol–water partition coefficient (Wildman–Crippen LogP) is 3.94. The Kier molecular flexibility index (Phi) is 6.27. The molecule has 2 fully saturated rings. The zero-order valence-electron chi connectivity index (χ0n) is 19.6. The number of hydrogen-bond acceptors (Lipinski definition) is 6. The highest BCUT2D eigenvalue weighted by Crippen LogP contribution is 2.34. The Morgan fingerprint density at radius 3 is 2.71 bits per heavy atom. The fraction of sp³-hybridized carbons (Fsp3) is 0.296. The first-order valence-electron chi connectivity index (χ1n) is 11.7. The molecule has 1 N–H and O–H groups in total. The average molecular weight is 473 g/mol. The highest BCUT2D eigenvalue weighted by molar-refractivity contribution is 5.96. The second kappa shape index (κ2) is 9.66. The molecule has 0 bridgehead atoms. The molecule has 2 aromatic carbocycles. The topological polar surface area (TPSA) is 84.0 Å². The Morgan fingerprint density at radius 2 is 1.94 bits per heavy atom. The number of anilines is 1. The Morgan fingerprint density at radius 1 is 1.11 bits per heavy atom. The van der Waals surface area contributed by atoms with Gasteiger partial charge in [-0.2, -0.15) is 0 Å². The third-order valence-electron chi connectivity index (χ3n) is 6.51. The second-order valence-electron chi connectivity index (χ2n) is 9.00. The molecule has 2 saturated heterocycles. The van der Waals surface area contributed by atoms with E-state index in [0.29, 0.717) is 50.5 Å². The Labute approximate surface area is 204 Å². The van der Waals surface area contributed by atoms with Crippen LogP contribution < -0.4 is 10.1 Å². The molecule has 3 aromatic rings. The fourth-order valence-corrected chi connectivity index (χ4v) is 4.71. The van der Waals surface area contributed by atoms with E-state index >= 15 is 0 Å². The summed E-state index contributed by atoms with van der Waals surface area (Å²) in [5.74, 6) is 0.566. The normalized spacial score (nSPS) is 19.2. The average Bonchev–Trinajstić information content (AvgIpc) is 3.44. The van der Waals surface area contributed by atoms with Crippen molar-refractivity contribution >= 4 is 17.7 Å². The number of rotatable bonds is 7. The number of methoxy groups -OCH3 is 1. The number of aromatic nitrogens is 1. The second-order valence-corrected chi connectivity index (χ2v) is 9.00. The lowest BCUT2D eigenvalue weighted by Gasteiger charge is -2.22. The van der Waals surface area contributed by atoms with Crippen LogP contribution in [-0.4, -0.2) is 59.1 Å². The van der Waals surface area contributed by atoms with Crippen molar-refractivity contribution in [3.63, 3.8) is 0 Å². The standard InChI is InChI=1S/C27H28N4O4/c1-34-24-10-9-22(14-23(24)29-16-21-8-5-12-28-15-21)25(32)30-13-11-27(18-30)19-31(26(33)35-27)17-20-6-3-2-4-7-20/h2-10,12,14-15,29H,11,13,16-19H2,1H3. The van der Waals surface area contributed by atoms with Gasteiger partial charge in [-0.25, -0.2) is 4.79 Å². The number of amides is 2. The Hall–Kier alpha value is -4.07. The number of hydrogen-bond donors (Lipinski definition) is 1. The van der Waals surface area contributed by atoms with Crippen LogP contribution in [0, 0.1) is 0 Å². The summed E-state index contributed by atoms with van der Waals surface area (Å²) >= 11 is 0. The molecule has 8 nitrogen and oxygen atoms in total. The molecule has 8 heteroatoms. The van der Waals surface area contributed by atoms with Crippen LogP contribution in [0.25, 0.3) is 0 Å². The van der Waals surface area contributed by atoms with E-state index in [1.54, 1.807) is 41.4 Å². The van der Waals surface area contributed by atoms with Crippen LogP contribution in [0.1, 0.15) is 27.9 Å². The predicted molar refractivity (Wildman–Crippen MR) is 131 cm³/mol. The monoisotopic (exact) mass is 472 g/mol. The van der Waals surface area contributed by atoms with E-state index in [1.807, 2.05) is 48.5 Å². The summed E-state index contributed by atoms with van der Waals surface area (Å²) < 4.78 is 11.3. The van der Waals surface area contributed by atoms with Gasteiger partial charge >= 0.3 is 6.09 Å². The first-order valence-corrected chi connectivity index (χ1v) is 11.7. The van der Waals surface area contributed by atoms with Crippen LogP contribution in [0.3, 0.4) is 0 Å². The number of benzene rings is 2. The minimum atomic E-state index is -0.657. The maximum absolute atomic E-state index is 13.4. The number of nitrogens with one attached hydrogen (secondary N) is 1. The number of ether oxygens (including phenoxy) is 2. The van der Waals surface area contributed by atoms with Crippen LogP contribution in [-0.2, 0) is 17.8 Å². The molecule has 2 aliphatic heterocycles. The van der Waals surface area contributed by atoms with Crippen LogP contribution in [0.5, 0.6) is 5.75 Å². The van der Waals surface area contributed by atoms with E-state index < -0.39 is 5.60 Å². The van der Waals surface area contributed by atoms with E-state index in [0.717, 1.165) is 16.8 Å². The molecule has 0 saturated carbocycles. The van der Waals surface area contributed by atoms with Gasteiger partial charge in [0.25, 0.3) is 5.91 Å². The summed E-state index contributed by atoms with van der Waals surface area (Å²) in [7, 11) is 1.60. The Bertz CT molecular complexity index is 1200. The van der Waals surface area contributed by atoms with Gasteiger partial charge in [0.1, 0.15) is 5.75 Å². The maximum atomic E-state index is 13.4. The van der Waals surface area contributed by atoms with Crippen LogP contribution in [0.2, 0.25) is 0 Å². The molecule has 0 aliphatic carbocycles. The van der Waals surface area contributed by atoms with Gasteiger partial charge in [-0.15, -0.1) is 0 Å². The van der Waals surface area contributed by atoms with Crippen molar-refractivity contribution in [2.24, 2.45) is 0 Å². The SMILES string of the molecule is COc1ccc(C(=O)N2CCC3(CN(Cc4ccccc4)C(=O)O3)C2)cc1NCc1cccnc1. The van der Waals surface area contributed by atoms with Crippen molar-refractivity contribution < 1.29 is 19.1 Å². The zero-order chi connectivity index (χ0) is 24.3. The van der Waals surface area contributed by atoms with Gasteiger partial charge in [-0.1, -0.05) is 36.4 Å². The van der Waals surface area contributed by atoms with Gasteiger partial charge in [-0.3, -0.25) is 14.7 Å². The first kappa shape index (κ1) is 22.7. The Balaban J connectivity index is 1.26. The number of nitrogens with zero attached hydrogens (tertiary/aromatic N) is 3. The van der Waals surface area contributed by atoms with Crippen molar-refractivity contribution in [2.75, 3.05) is 32.1 Å². The molecule has 2 aliphatic rings. The molecule has 2 amide bonds. The number of likely N-dealkylation sites (tertiary alicyclic amines) is 1. The molecule has 1 atom stereocenters. The molecule has 0 radical (unpaired) electrons. The number of carbonyl (C=O) groups excluding carboxylic acids is 2. The number of carbonyl (C=O) groups is 2. The van der Waals surface area contributed by atoms with Crippen molar-refractivity contribution in [3.05, 3.63) is 89.7 Å². The van der Waals surface area contributed by atoms with E-state index in [2.05, 4.69) is 10.3 Å². The third-order valence-corrected chi connectivity index (χ3v) is 6.51. The maximum Gasteiger partial charge on any atom is 0.410 e. The van der Waals surface area contributed by atoms with Crippen LogP contribution in [0.15, 0.2) is 73.1 Å². The van der Waals surface area contributed by atoms with Crippen LogP contribution in [0.4, 0.5) is 10.5 Å². The summed E-state index contributed by atoms with van der Waals surface area (Å²) in [6.07, 6.45) is 3.82. The summed E-state index contributed by atoms with van der Waals surface area (Å²) in [5.41, 5.74) is 2.71. The lowest BCUT2D eigenvalue weighted by atomic mass is 10.0. The molecule has 3 heterocycles. The van der Waals surface area contributed by atoms with Gasteiger partial charge in [0, 0.05) is 44.0 Å². The van der Waals surface area contributed by atoms with E-state index in [-0.39, 0.29) is 12.0 Å². The molecule has 1 unspecified atom stereocenters. The molecule has 1 aromatic heterocycles. The minimum Gasteiger partial charge on any atom is -0.495 e. The summed E-state index contributed by atoms with van der Waals surface area (Å²) in [6.45, 7) is 2.45. The summed E-state index contributed by atoms with van der Waals surface area (Å²) in [4.78, 5) is 33.5. The highest BCUT2D eigenvalue weighted by Gasteiger charge is 2.50. The largest absolute Gasteiger partial charge is 0.495 e. The lowest BCUT2D eigenvalue weighted by Crippen LogP contribution is -2.39. The third kappa shape index (κ3) is 4.91. The molecule has 180 valence electrons. The molecule has 35 heavy (non-hydrogen) atoms. The van der Waals surface area contributed by atoms with Crippen molar-refractivity contribution in [1.82, 2.24) is 14.8 Å². The van der Waals surface area contributed by atoms with Gasteiger partial charge in [0.05, 0.1) is 25.9 Å². The molecule has 1 spiro atoms. The number of pyridine rings is 1. The highest BCUT2D eigenvalue weighted by atomic mass is 16.6. The first-order chi connectivity index (χ1) is 17.0. The minimum absolute atomic E-state index is 0.0912. The molecule has 5 rings (SSSR count). The van der Waals surface area contributed by atoms with Crippen molar-refractivity contribution in [1.29, 1.82) is 0 Å². The van der Waals surface area contributed by atoms with E-state index in [1.165, 1.54) is 0 Å². The van der Waals surface area contributed by atoms with Crippen molar-refractivity contribution in [3.8, 4) is 5.75 Å². The summed E-state index contributed by atoms with van der Waals surface area (Å²) in [6, 6.07) is 19.1. The van der Waals surface area contributed by atoms with Gasteiger partial charge < -0.3 is 19.7 Å². The van der Waals surface area contributed by atoms with Gasteiger partial charge in [0.2, 0.25) is 0 Å². The smallest absolute Gasteiger partial charge is 0.410 e. The molecular weight excluding hydrogens is 444 g/mol. The van der Waals surface area contributed by atoms with Gasteiger partial charge in [-0.05, 0) is 35.4 Å². The lowest BCUT2D eigenvalue weighted by molar-refractivity contribution is 0.0553. The van der Waals surface area contributed by atoms with Crippen molar-refractivity contribution in [2.45, 2.75) is 25.1 Å². The quantitative estimate of drug-likeness (QED) is 0.561.